The van der Waals surface area contributed by atoms with Gasteiger partial charge < -0.3 is 0 Å². The minimum Gasteiger partial charge on any atom is -0.295 e. The van der Waals surface area contributed by atoms with Crippen molar-refractivity contribution in [1.82, 2.24) is 9.55 Å². The maximum absolute atomic E-state index is 13.6. The Hall–Kier alpha value is -2.48. The van der Waals surface area contributed by atoms with Crippen molar-refractivity contribution in [2.75, 3.05) is 0 Å². The van der Waals surface area contributed by atoms with Crippen LogP contribution in [0, 0.1) is 17.1 Å². The van der Waals surface area contributed by atoms with Gasteiger partial charge in [0.05, 0.1) is 18.2 Å². The second-order valence-corrected chi connectivity index (χ2v) is 3.45. The molecule has 4 nitrogen and oxygen atoms in total. The summed E-state index contributed by atoms with van der Waals surface area (Å²) < 4.78 is 14.9. The van der Waals surface area contributed by atoms with Crippen LogP contribution in [0.3, 0.4) is 0 Å². The maximum Gasteiger partial charge on any atom is 0.347 e. The molecule has 0 spiro atoms. The van der Waals surface area contributed by atoms with Gasteiger partial charge in [-0.1, -0.05) is 6.07 Å². The van der Waals surface area contributed by atoms with Gasteiger partial charge in [0.15, 0.2) is 0 Å². The van der Waals surface area contributed by atoms with Crippen molar-refractivity contribution in [2.45, 2.75) is 6.54 Å². The van der Waals surface area contributed by atoms with Crippen molar-refractivity contribution in [3.63, 3.8) is 0 Å². The molecule has 84 valence electrons. The Balaban J connectivity index is 2.35. The van der Waals surface area contributed by atoms with Crippen LogP contribution in [0.4, 0.5) is 4.39 Å². The molecule has 0 aliphatic carbocycles. The molecule has 0 unspecified atom stereocenters. The fraction of sp³-hybridized carbons (Fsp3) is 0.0833. The van der Waals surface area contributed by atoms with Crippen LogP contribution in [-0.4, -0.2) is 9.55 Å². The fourth-order valence-electron chi connectivity index (χ4n) is 1.44. The van der Waals surface area contributed by atoms with Gasteiger partial charge in [-0.25, -0.2) is 14.2 Å². The highest BCUT2D eigenvalue weighted by Crippen LogP contribution is 2.10. The number of benzene rings is 1. The summed E-state index contributed by atoms with van der Waals surface area (Å²) in [4.78, 5) is 14.9. The van der Waals surface area contributed by atoms with E-state index in [0.717, 1.165) is 6.07 Å². The molecule has 0 atom stereocenters. The molecule has 0 saturated heterocycles. The van der Waals surface area contributed by atoms with E-state index in [-0.39, 0.29) is 12.1 Å². The van der Waals surface area contributed by atoms with Crippen molar-refractivity contribution in [2.24, 2.45) is 0 Å². The van der Waals surface area contributed by atoms with E-state index in [1.54, 1.807) is 6.07 Å². The second kappa shape index (κ2) is 4.58. The summed E-state index contributed by atoms with van der Waals surface area (Å²) in [6.07, 6.45) is 2.92. The third kappa shape index (κ3) is 2.37. The molecular weight excluding hydrogens is 221 g/mol. The quantitative estimate of drug-likeness (QED) is 0.779. The van der Waals surface area contributed by atoms with E-state index in [0.29, 0.717) is 5.56 Å². The van der Waals surface area contributed by atoms with Gasteiger partial charge in [-0.15, -0.1) is 0 Å². The molecule has 17 heavy (non-hydrogen) atoms. The van der Waals surface area contributed by atoms with Crippen LogP contribution in [0.1, 0.15) is 11.1 Å². The number of hydrogen-bond acceptors (Lipinski definition) is 3. The molecule has 0 amide bonds. The topological polar surface area (TPSA) is 58.7 Å². The van der Waals surface area contributed by atoms with Crippen molar-refractivity contribution in [3.05, 3.63) is 64.1 Å². The molecule has 0 aliphatic rings. The largest absolute Gasteiger partial charge is 0.347 e. The molecular formula is C12H8FN3O. The summed E-state index contributed by atoms with van der Waals surface area (Å²) in [5, 5.41) is 8.60. The van der Waals surface area contributed by atoms with Gasteiger partial charge in [-0.2, -0.15) is 5.26 Å². The van der Waals surface area contributed by atoms with Crippen molar-refractivity contribution in [3.8, 4) is 6.07 Å². The monoisotopic (exact) mass is 229 g/mol. The van der Waals surface area contributed by atoms with Gasteiger partial charge in [-0.3, -0.25) is 4.57 Å². The number of halogens is 1. The van der Waals surface area contributed by atoms with Gasteiger partial charge in [0.25, 0.3) is 0 Å². The molecule has 1 aromatic heterocycles. The van der Waals surface area contributed by atoms with Crippen molar-refractivity contribution >= 4 is 0 Å². The van der Waals surface area contributed by atoms with E-state index in [4.69, 9.17) is 5.26 Å². The zero-order valence-electron chi connectivity index (χ0n) is 8.80. The Bertz CT molecular complexity index is 643. The van der Waals surface area contributed by atoms with E-state index in [9.17, 15) is 9.18 Å². The van der Waals surface area contributed by atoms with Crippen LogP contribution >= 0.6 is 0 Å². The Kier molecular flexibility index (Phi) is 2.97. The van der Waals surface area contributed by atoms with Crippen LogP contribution in [0.5, 0.6) is 0 Å². The molecule has 2 aromatic rings. The SMILES string of the molecule is N#Cc1ccc(Cn2cccnc2=O)c(F)c1. The standard InChI is InChI=1S/C12H8FN3O/c13-11-6-9(7-14)2-3-10(11)8-16-5-1-4-15-12(16)17/h1-6H,8H2. The van der Waals surface area contributed by atoms with Gasteiger partial charge in [0.2, 0.25) is 0 Å². The summed E-state index contributed by atoms with van der Waals surface area (Å²) >= 11 is 0. The number of nitriles is 1. The minimum absolute atomic E-state index is 0.101. The van der Waals surface area contributed by atoms with Crippen LogP contribution in [0.15, 0.2) is 41.5 Å². The summed E-state index contributed by atoms with van der Waals surface area (Å²) in [7, 11) is 0. The average molecular weight is 229 g/mol. The summed E-state index contributed by atoms with van der Waals surface area (Å²) in [6, 6.07) is 7.61. The van der Waals surface area contributed by atoms with Crippen LogP contribution < -0.4 is 5.69 Å². The molecule has 5 heteroatoms. The molecule has 0 saturated carbocycles. The van der Waals surface area contributed by atoms with Gasteiger partial charge >= 0.3 is 5.69 Å². The van der Waals surface area contributed by atoms with Gasteiger partial charge in [0, 0.05) is 18.0 Å². The maximum atomic E-state index is 13.6. The van der Waals surface area contributed by atoms with Crippen LogP contribution in [-0.2, 0) is 6.54 Å². The normalized spacial score (nSPS) is 9.88. The summed E-state index contributed by atoms with van der Waals surface area (Å²) in [5.74, 6) is -0.500. The highest BCUT2D eigenvalue weighted by atomic mass is 19.1. The molecule has 2 rings (SSSR count). The molecule has 0 fully saturated rings. The minimum atomic E-state index is -0.500. The van der Waals surface area contributed by atoms with E-state index >= 15 is 0 Å². The van der Waals surface area contributed by atoms with E-state index < -0.39 is 11.5 Å². The van der Waals surface area contributed by atoms with Crippen LogP contribution in [0.2, 0.25) is 0 Å². The lowest BCUT2D eigenvalue weighted by molar-refractivity contribution is 0.593. The van der Waals surface area contributed by atoms with E-state index in [1.165, 1.54) is 29.1 Å². The first-order valence-corrected chi connectivity index (χ1v) is 4.90. The van der Waals surface area contributed by atoms with E-state index in [1.807, 2.05) is 6.07 Å². The highest BCUT2D eigenvalue weighted by molar-refractivity contribution is 5.32. The zero-order chi connectivity index (χ0) is 12.3. The summed E-state index contributed by atoms with van der Waals surface area (Å²) in [5.41, 5.74) is 0.167. The van der Waals surface area contributed by atoms with Gasteiger partial charge in [0.1, 0.15) is 5.82 Å². The first-order chi connectivity index (χ1) is 8.20. The number of aromatic nitrogens is 2. The predicted octanol–water partition coefficient (Wildman–Crippen LogP) is 1.30. The lowest BCUT2D eigenvalue weighted by Crippen LogP contribution is -2.22. The predicted molar refractivity (Wildman–Crippen MR) is 58.7 cm³/mol. The van der Waals surface area contributed by atoms with Crippen LogP contribution in [0.25, 0.3) is 0 Å². The first kappa shape index (κ1) is 11.0. The lowest BCUT2D eigenvalue weighted by Gasteiger charge is -2.05. The smallest absolute Gasteiger partial charge is 0.295 e. The van der Waals surface area contributed by atoms with Crippen molar-refractivity contribution in [1.29, 1.82) is 5.26 Å². The molecule has 0 N–H and O–H groups in total. The zero-order valence-corrected chi connectivity index (χ0v) is 8.80. The Labute approximate surface area is 96.6 Å². The second-order valence-electron chi connectivity index (χ2n) is 3.45. The molecule has 1 heterocycles. The van der Waals surface area contributed by atoms with E-state index in [2.05, 4.69) is 4.98 Å². The van der Waals surface area contributed by atoms with Gasteiger partial charge in [-0.05, 0) is 18.2 Å². The Morgan fingerprint density at radius 3 is 2.94 bits per heavy atom. The highest BCUT2D eigenvalue weighted by Gasteiger charge is 2.05. The van der Waals surface area contributed by atoms with Crippen molar-refractivity contribution < 1.29 is 4.39 Å². The Morgan fingerprint density at radius 1 is 1.47 bits per heavy atom. The molecule has 1 aromatic carbocycles. The Morgan fingerprint density at radius 2 is 2.29 bits per heavy atom. The summed E-state index contributed by atoms with van der Waals surface area (Å²) in [6.45, 7) is 0.101. The average Bonchev–Trinajstić information content (AvgIpc) is 2.34. The molecule has 0 radical (unpaired) electrons. The lowest BCUT2D eigenvalue weighted by atomic mass is 10.1. The number of rotatable bonds is 2. The fourth-order valence-corrected chi connectivity index (χ4v) is 1.44. The first-order valence-electron chi connectivity index (χ1n) is 4.90. The third-order valence-corrected chi connectivity index (χ3v) is 2.31. The number of nitrogens with zero attached hydrogens (tertiary/aromatic N) is 3. The molecule has 0 aliphatic heterocycles. The number of hydrogen-bond donors (Lipinski definition) is 0. The molecule has 0 bridgehead atoms. The third-order valence-electron chi connectivity index (χ3n) is 2.31.